The molecule has 0 spiro atoms. The number of benzene rings is 1. The lowest BCUT2D eigenvalue weighted by atomic mass is 10.2. The monoisotopic (exact) mass is 257 g/mol. The number of sulfone groups is 1. The maximum absolute atomic E-state index is 11.3. The topological polar surface area (TPSA) is 57.6 Å². The SMILES string of the molecule is CCCN(CCO)c1ccc(S(C)(=O)=O)cc1. The average Bonchev–Trinajstić information content (AvgIpc) is 2.28. The highest BCUT2D eigenvalue weighted by Gasteiger charge is 2.09. The van der Waals surface area contributed by atoms with Crippen LogP contribution in [-0.4, -0.2) is 39.5 Å². The summed E-state index contributed by atoms with van der Waals surface area (Å²) in [5, 5.41) is 8.97. The van der Waals surface area contributed by atoms with E-state index in [9.17, 15) is 8.42 Å². The van der Waals surface area contributed by atoms with Gasteiger partial charge in [0.1, 0.15) is 0 Å². The lowest BCUT2D eigenvalue weighted by Gasteiger charge is -2.23. The standard InChI is InChI=1S/C12H19NO3S/c1-3-8-13(9-10-14)11-4-6-12(7-5-11)17(2,15)16/h4-7,14H,3,8-10H2,1-2H3. The molecule has 0 fully saturated rings. The molecule has 0 atom stereocenters. The highest BCUT2D eigenvalue weighted by atomic mass is 32.2. The molecule has 1 rings (SSSR count). The van der Waals surface area contributed by atoms with E-state index in [2.05, 4.69) is 6.92 Å². The largest absolute Gasteiger partial charge is 0.395 e. The Labute approximate surface area is 103 Å². The second-order valence-electron chi connectivity index (χ2n) is 3.98. The van der Waals surface area contributed by atoms with Crippen molar-refractivity contribution in [1.82, 2.24) is 0 Å². The lowest BCUT2D eigenvalue weighted by Crippen LogP contribution is -2.27. The first-order valence-corrected chi connectivity index (χ1v) is 7.54. The fourth-order valence-corrected chi connectivity index (χ4v) is 2.30. The summed E-state index contributed by atoms with van der Waals surface area (Å²) in [6.07, 6.45) is 2.17. The van der Waals surface area contributed by atoms with Crippen molar-refractivity contribution >= 4 is 15.5 Å². The third-order valence-corrected chi connectivity index (χ3v) is 3.62. The molecule has 0 heterocycles. The van der Waals surface area contributed by atoms with E-state index in [4.69, 9.17) is 5.11 Å². The minimum Gasteiger partial charge on any atom is -0.395 e. The van der Waals surface area contributed by atoms with Crippen LogP contribution in [0.4, 0.5) is 5.69 Å². The Morgan fingerprint density at radius 3 is 2.18 bits per heavy atom. The molecule has 0 aromatic heterocycles. The summed E-state index contributed by atoms with van der Waals surface area (Å²) in [5.74, 6) is 0. The predicted molar refractivity (Wildman–Crippen MR) is 69.1 cm³/mol. The molecule has 0 aliphatic rings. The van der Waals surface area contributed by atoms with Crippen LogP contribution < -0.4 is 4.90 Å². The van der Waals surface area contributed by atoms with E-state index in [1.807, 2.05) is 4.90 Å². The van der Waals surface area contributed by atoms with Crippen molar-refractivity contribution in [3.05, 3.63) is 24.3 Å². The summed E-state index contributed by atoms with van der Waals surface area (Å²) >= 11 is 0. The molecule has 4 nitrogen and oxygen atoms in total. The summed E-state index contributed by atoms with van der Waals surface area (Å²) < 4.78 is 22.6. The van der Waals surface area contributed by atoms with E-state index >= 15 is 0 Å². The molecule has 1 aromatic rings. The molecule has 0 unspecified atom stereocenters. The van der Waals surface area contributed by atoms with Crippen molar-refractivity contribution < 1.29 is 13.5 Å². The molecule has 0 aliphatic heterocycles. The normalized spacial score (nSPS) is 11.5. The fourth-order valence-electron chi connectivity index (χ4n) is 1.66. The highest BCUT2D eigenvalue weighted by molar-refractivity contribution is 7.90. The Bertz CT molecular complexity index is 433. The number of nitrogens with zero attached hydrogens (tertiary/aromatic N) is 1. The number of aliphatic hydroxyl groups is 1. The molecular formula is C12H19NO3S. The lowest BCUT2D eigenvalue weighted by molar-refractivity contribution is 0.302. The zero-order valence-electron chi connectivity index (χ0n) is 10.3. The molecule has 5 heteroatoms. The number of anilines is 1. The Hall–Kier alpha value is -1.07. The number of aliphatic hydroxyl groups excluding tert-OH is 1. The molecule has 0 amide bonds. The second-order valence-corrected chi connectivity index (χ2v) is 5.99. The van der Waals surface area contributed by atoms with E-state index in [1.165, 1.54) is 6.26 Å². The molecule has 0 bridgehead atoms. The molecule has 0 saturated carbocycles. The van der Waals surface area contributed by atoms with Gasteiger partial charge in [0.05, 0.1) is 11.5 Å². The van der Waals surface area contributed by atoms with Crippen molar-refractivity contribution in [3.63, 3.8) is 0 Å². The summed E-state index contributed by atoms with van der Waals surface area (Å²) in [6.45, 7) is 3.56. The van der Waals surface area contributed by atoms with E-state index in [0.717, 1.165) is 18.7 Å². The smallest absolute Gasteiger partial charge is 0.175 e. The van der Waals surface area contributed by atoms with Gasteiger partial charge < -0.3 is 10.0 Å². The van der Waals surface area contributed by atoms with Crippen LogP contribution in [0, 0.1) is 0 Å². The van der Waals surface area contributed by atoms with Gasteiger partial charge in [0.2, 0.25) is 0 Å². The Balaban J connectivity index is 2.91. The van der Waals surface area contributed by atoms with Gasteiger partial charge in [0, 0.05) is 25.0 Å². The van der Waals surface area contributed by atoms with Crippen LogP contribution in [0.25, 0.3) is 0 Å². The van der Waals surface area contributed by atoms with Crippen LogP contribution in [0.3, 0.4) is 0 Å². The summed E-state index contributed by atoms with van der Waals surface area (Å²) in [7, 11) is -3.14. The van der Waals surface area contributed by atoms with E-state index in [-0.39, 0.29) is 6.61 Å². The fraction of sp³-hybridized carbons (Fsp3) is 0.500. The van der Waals surface area contributed by atoms with Gasteiger partial charge in [-0.2, -0.15) is 0 Å². The van der Waals surface area contributed by atoms with Gasteiger partial charge >= 0.3 is 0 Å². The van der Waals surface area contributed by atoms with Gasteiger partial charge in [0.15, 0.2) is 9.84 Å². The Morgan fingerprint density at radius 2 is 1.76 bits per heavy atom. The first kappa shape index (κ1) is 14.0. The van der Waals surface area contributed by atoms with Gasteiger partial charge in [-0.05, 0) is 30.7 Å². The minimum atomic E-state index is -3.14. The van der Waals surface area contributed by atoms with Crippen molar-refractivity contribution in [3.8, 4) is 0 Å². The van der Waals surface area contributed by atoms with E-state index in [1.54, 1.807) is 24.3 Å². The second kappa shape index (κ2) is 6.02. The Kier molecular flexibility index (Phi) is 4.96. The maximum atomic E-state index is 11.3. The molecule has 1 N–H and O–H groups in total. The quantitative estimate of drug-likeness (QED) is 0.834. The molecule has 17 heavy (non-hydrogen) atoms. The van der Waals surface area contributed by atoms with Gasteiger partial charge in [-0.3, -0.25) is 0 Å². The van der Waals surface area contributed by atoms with Crippen molar-refractivity contribution in [2.45, 2.75) is 18.2 Å². The van der Waals surface area contributed by atoms with E-state index in [0.29, 0.717) is 11.4 Å². The van der Waals surface area contributed by atoms with E-state index < -0.39 is 9.84 Å². The van der Waals surface area contributed by atoms with Crippen LogP contribution >= 0.6 is 0 Å². The van der Waals surface area contributed by atoms with Gasteiger partial charge in [-0.15, -0.1) is 0 Å². The molecule has 1 aromatic carbocycles. The summed E-state index contributed by atoms with van der Waals surface area (Å²) in [6, 6.07) is 6.76. The van der Waals surface area contributed by atoms with Crippen LogP contribution in [0.15, 0.2) is 29.2 Å². The first-order valence-electron chi connectivity index (χ1n) is 5.65. The zero-order chi connectivity index (χ0) is 12.9. The van der Waals surface area contributed by atoms with Crippen molar-refractivity contribution in [1.29, 1.82) is 0 Å². The molecule has 0 saturated heterocycles. The van der Waals surface area contributed by atoms with Crippen LogP contribution in [0.2, 0.25) is 0 Å². The van der Waals surface area contributed by atoms with Crippen LogP contribution in [-0.2, 0) is 9.84 Å². The minimum absolute atomic E-state index is 0.0911. The van der Waals surface area contributed by atoms with Gasteiger partial charge in [0.25, 0.3) is 0 Å². The van der Waals surface area contributed by atoms with Crippen LogP contribution in [0.1, 0.15) is 13.3 Å². The molecule has 0 radical (unpaired) electrons. The molecule has 0 aliphatic carbocycles. The van der Waals surface area contributed by atoms with Crippen LogP contribution in [0.5, 0.6) is 0 Å². The summed E-state index contributed by atoms with van der Waals surface area (Å²) in [5.41, 5.74) is 0.938. The number of rotatable bonds is 6. The predicted octanol–water partition coefficient (Wildman–Crippen LogP) is 1.30. The average molecular weight is 257 g/mol. The Morgan fingerprint density at radius 1 is 1.18 bits per heavy atom. The number of hydrogen-bond donors (Lipinski definition) is 1. The van der Waals surface area contributed by atoms with Gasteiger partial charge in [-0.1, -0.05) is 6.92 Å². The zero-order valence-corrected chi connectivity index (χ0v) is 11.1. The highest BCUT2D eigenvalue weighted by Crippen LogP contribution is 2.18. The molecule has 96 valence electrons. The maximum Gasteiger partial charge on any atom is 0.175 e. The first-order chi connectivity index (χ1) is 7.99. The van der Waals surface area contributed by atoms with Crippen molar-refractivity contribution in [2.75, 3.05) is 30.9 Å². The van der Waals surface area contributed by atoms with Gasteiger partial charge in [-0.25, -0.2) is 8.42 Å². The summed E-state index contributed by atoms with van der Waals surface area (Å²) in [4.78, 5) is 2.35. The third-order valence-electron chi connectivity index (χ3n) is 2.49. The third kappa shape index (κ3) is 4.02. The number of hydrogen-bond acceptors (Lipinski definition) is 4. The molecular weight excluding hydrogens is 238 g/mol. The van der Waals surface area contributed by atoms with Crippen molar-refractivity contribution in [2.24, 2.45) is 0 Å².